The lowest BCUT2D eigenvalue weighted by Crippen LogP contribution is -3.30. The molecule has 2 heterocycles. The molecule has 3 rings (SSSR count). The second-order valence-corrected chi connectivity index (χ2v) is 8.03. The molecule has 0 spiro atoms. The highest BCUT2D eigenvalue weighted by Crippen LogP contribution is 2.14. The van der Waals surface area contributed by atoms with Gasteiger partial charge in [-0.25, -0.2) is 0 Å². The fourth-order valence-electron chi connectivity index (χ4n) is 4.26. The smallest absolute Gasteiger partial charge is 0.127 e. The molecule has 2 saturated heterocycles. The van der Waals surface area contributed by atoms with Crippen LogP contribution in [0, 0.1) is 0 Å². The number of halogens is 1. The highest BCUT2D eigenvalue weighted by Gasteiger charge is 2.33. The first kappa shape index (κ1) is 17.4. The maximum absolute atomic E-state index is 9.07. The van der Waals surface area contributed by atoms with Crippen molar-refractivity contribution >= 4 is 15.9 Å². The van der Waals surface area contributed by atoms with Crippen LogP contribution in [-0.4, -0.2) is 63.6 Å². The number of quaternary nitrogens is 3. The van der Waals surface area contributed by atoms with Crippen molar-refractivity contribution in [2.24, 2.45) is 0 Å². The first-order valence-electron chi connectivity index (χ1n) is 9.12. The average molecular weight is 385 g/mol. The number of hydrogen-bond donors (Lipinski definition) is 4. The molecule has 0 unspecified atom stereocenters. The van der Waals surface area contributed by atoms with Gasteiger partial charge in [-0.2, -0.15) is 0 Å². The normalized spacial score (nSPS) is 31.9. The summed E-state index contributed by atoms with van der Waals surface area (Å²) >= 11 is 3.68. The van der Waals surface area contributed by atoms with Crippen LogP contribution in [0.5, 0.6) is 0 Å². The Morgan fingerprint density at radius 2 is 1.65 bits per heavy atom. The highest BCUT2D eigenvalue weighted by atomic mass is 79.9. The third kappa shape index (κ3) is 4.77. The summed E-state index contributed by atoms with van der Waals surface area (Å²) in [4.78, 5) is 5.15. The Balaban J connectivity index is 1.43. The van der Waals surface area contributed by atoms with Crippen LogP contribution >= 0.6 is 15.9 Å². The second kappa shape index (κ2) is 8.58. The second-order valence-electron chi connectivity index (χ2n) is 7.17. The molecule has 0 aromatic heterocycles. The number of likely N-dealkylation sites (tertiary alicyclic amines) is 1. The van der Waals surface area contributed by atoms with E-state index < -0.39 is 0 Å². The summed E-state index contributed by atoms with van der Waals surface area (Å²) in [6.07, 6.45) is 2.73. The SMILES string of the molecule is OCC[NH+]1CC[NH+](C2CC[NH+](Cc3ccccc3Br)CC2)CC1. The Labute approximate surface area is 148 Å². The summed E-state index contributed by atoms with van der Waals surface area (Å²) < 4.78 is 1.25. The molecule has 0 aliphatic carbocycles. The van der Waals surface area contributed by atoms with Crippen LogP contribution in [-0.2, 0) is 6.54 Å². The molecule has 0 atom stereocenters. The zero-order valence-corrected chi connectivity index (χ0v) is 15.6. The van der Waals surface area contributed by atoms with Crippen molar-refractivity contribution in [3.05, 3.63) is 34.3 Å². The molecule has 4 N–H and O–H groups in total. The Morgan fingerprint density at radius 3 is 2.30 bits per heavy atom. The number of benzene rings is 1. The third-order valence-electron chi connectivity index (χ3n) is 5.73. The summed E-state index contributed by atoms with van der Waals surface area (Å²) in [6.45, 7) is 10.1. The van der Waals surface area contributed by atoms with E-state index in [-0.39, 0.29) is 0 Å². The molecule has 2 aliphatic heterocycles. The fourth-order valence-corrected chi connectivity index (χ4v) is 4.69. The van der Waals surface area contributed by atoms with Gasteiger partial charge in [0, 0.05) is 22.9 Å². The molecule has 0 bridgehead atoms. The molecule has 128 valence electrons. The Kier molecular flexibility index (Phi) is 6.48. The van der Waals surface area contributed by atoms with E-state index in [1.54, 1.807) is 9.80 Å². The molecule has 0 saturated carbocycles. The van der Waals surface area contributed by atoms with Crippen LogP contribution in [0.4, 0.5) is 0 Å². The van der Waals surface area contributed by atoms with Crippen LogP contribution in [0.15, 0.2) is 28.7 Å². The monoisotopic (exact) mass is 384 g/mol. The van der Waals surface area contributed by atoms with E-state index in [1.807, 2.05) is 4.90 Å². The highest BCUT2D eigenvalue weighted by molar-refractivity contribution is 9.10. The van der Waals surface area contributed by atoms with Gasteiger partial charge in [0.15, 0.2) is 0 Å². The minimum Gasteiger partial charge on any atom is -0.391 e. The quantitative estimate of drug-likeness (QED) is 0.455. The number of piperidine rings is 1. The van der Waals surface area contributed by atoms with Gasteiger partial charge in [-0.3, -0.25) is 0 Å². The molecular weight excluding hydrogens is 354 g/mol. The van der Waals surface area contributed by atoms with Crippen LogP contribution < -0.4 is 14.7 Å². The lowest BCUT2D eigenvalue weighted by Gasteiger charge is -2.37. The van der Waals surface area contributed by atoms with Crippen molar-refractivity contribution in [2.45, 2.75) is 25.4 Å². The van der Waals surface area contributed by atoms with Crippen molar-refractivity contribution in [3.8, 4) is 0 Å². The number of rotatable bonds is 5. The summed E-state index contributed by atoms with van der Waals surface area (Å²) in [5, 5.41) is 9.07. The summed E-state index contributed by atoms with van der Waals surface area (Å²) in [7, 11) is 0. The van der Waals surface area contributed by atoms with E-state index in [4.69, 9.17) is 5.11 Å². The van der Waals surface area contributed by atoms with Gasteiger partial charge < -0.3 is 19.8 Å². The zero-order valence-electron chi connectivity index (χ0n) is 14.0. The predicted octanol–water partition coefficient (Wildman–Crippen LogP) is -2.23. The van der Waals surface area contributed by atoms with Gasteiger partial charge >= 0.3 is 0 Å². The van der Waals surface area contributed by atoms with E-state index in [1.165, 1.54) is 62.1 Å². The van der Waals surface area contributed by atoms with Gasteiger partial charge in [0.2, 0.25) is 0 Å². The van der Waals surface area contributed by atoms with Crippen LogP contribution in [0.1, 0.15) is 18.4 Å². The van der Waals surface area contributed by atoms with Gasteiger partial charge in [-0.1, -0.05) is 34.1 Å². The lowest BCUT2D eigenvalue weighted by molar-refractivity contribution is -1.03. The molecular formula is C18H31BrN3O+3. The van der Waals surface area contributed by atoms with Gasteiger partial charge in [0.05, 0.1) is 25.7 Å². The summed E-state index contributed by atoms with van der Waals surface area (Å²) in [6, 6.07) is 9.51. The molecule has 5 heteroatoms. The Bertz CT molecular complexity index is 483. The van der Waals surface area contributed by atoms with Crippen LogP contribution in [0.3, 0.4) is 0 Å². The van der Waals surface area contributed by atoms with Crippen molar-refractivity contribution in [2.75, 3.05) is 52.4 Å². The molecule has 0 amide bonds. The van der Waals surface area contributed by atoms with E-state index in [0.29, 0.717) is 6.61 Å². The van der Waals surface area contributed by atoms with Gasteiger partial charge in [0.25, 0.3) is 0 Å². The third-order valence-corrected chi connectivity index (χ3v) is 6.51. The Morgan fingerprint density at radius 1 is 0.957 bits per heavy atom. The minimum absolute atomic E-state index is 0.335. The topological polar surface area (TPSA) is 33.6 Å². The van der Waals surface area contributed by atoms with E-state index in [9.17, 15) is 0 Å². The molecule has 0 radical (unpaired) electrons. The van der Waals surface area contributed by atoms with Gasteiger partial charge in [-0.15, -0.1) is 0 Å². The maximum Gasteiger partial charge on any atom is 0.127 e. The number of nitrogens with one attached hydrogen (secondary N) is 3. The molecule has 23 heavy (non-hydrogen) atoms. The molecule has 1 aromatic carbocycles. The van der Waals surface area contributed by atoms with Crippen molar-refractivity contribution in [3.63, 3.8) is 0 Å². The van der Waals surface area contributed by atoms with Crippen LogP contribution in [0.25, 0.3) is 0 Å². The van der Waals surface area contributed by atoms with E-state index >= 15 is 0 Å². The largest absolute Gasteiger partial charge is 0.391 e. The lowest BCUT2D eigenvalue weighted by atomic mass is 10.0. The van der Waals surface area contributed by atoms with Crippen LogP contribution in [0.2, 0.25) is 0 Å². The molecule has 2 fully saturated rings. The molecule has 1 aromatic rings. The predicted molar refractivity (Wildman–Crippen MR) is 94.9 cm³/mol. The Hall–Kier alpha value is -0.460. The standard InChI is InChI=1S/C18H28BrN3O/c19-18-4-2-1-3-16(18)15-21-7-5-17(6-8-21)22-11-9-20(10-12-22)13-14-23/h1-4,17,23H,5-15H2/p+3. The zero-order chi connectivity index (χ0) is 16.1. The van der Waals surface area contributed by atoms with E-state index in [2.05, 4.69) is 40.2 Å². The first-order valence-corrected chi connectivity index (χ1v) is 9.91. The minimum atomic E-state index is 0.335. The number of aliphatic hydroxyl groups is 1. The molecule has 2 aliphatic rings. The molecule has 4 nitrogen and oxygen atoms in total. The van der Waals surface area contributed by atoms with Crippen molar-refractivity contribution in [1.29, 1.82) is 0 Å². The fraction of sp³-hybridized carbons (Fsp3) is 0.667. The van der Waals surface area contributed by atoms with Gasteiger partial charge in [0.1, 0.15) is 39.3 Å². The maximum atomic E-state index is 9.07. The number of piperazine rings is 1. The van der Waals surface area contributed by atoms with Crippen molar-refractivity contribution < 1.29 is 19.8 Å². The van der Waals surface area contributed by atoms with E-state index in [0.717, 1.165) is 19.1 Å². The summed E-state index contributed by atoms with van der Waals surface area (Å²) in [5.74, 6) is 0. The average Bonchev–Trinajstić information content (AvgIpc) is 2.59. The summed E-state index contributed by atoms with van der Waals surface area (Å²) in [5.41, 5.74) is 1.44. The number of hydrogen-bond acceptors (Lipinski definition) is 1. The first-order chi connectivity index (χ1) is 11.3. The number of aliphatic hydroxyl groups excluding tert-OH is 1. The van der Waals surface area contributed by atoms with Crippen molar-refractivity contribution in [1.82, 2.24) is 0 Å². The van der Waals surface area contributed by atoms with Gasteiger partial charge in [-0.05, 0) is 6.07 Å².